The zero-order valence-corrected chi connectivity index (χ0v) is 11.2. The third-order valence-corrected chi connectivity index (χ3v) is 3.40. The lowest BCUT2D eigenvalue weighted by Crippen LogP contribution is -2.28. The van der Waals surface area contributed by atoms with Gasteiger partial charge in [-0.3, -0.25) is 4.90 Å². The van der Waals surface area contributed by atoms with E-state index in [1.807, 2.05) is 6.07 Å². The Hall–Kier alpha value is -1.26. The minimum absolute atomic E-state index is 0.325. The van der Waals surface area contributed by atoms with Crippen LogP contribution in [0.2, 0.25) is 0 Å². The summed E-state index contributed by atoms with van der Waals surface area (Å²) in [6, 6.07) is 6.51. The smallest absolute Gasteiger partial charge is 0.161 e. The summed E-state index contributed by atoms with van der Waals surface area (Å²) in [4.78, 5) is 2.24. The first-order chi connectivity index (χ1) is 8.72. The van der Waals surface area contributed by atoms with Crippen molar-refractivity contribution in [2.75, 3.05) is 33.4 Å². The fraction of sp³-hybridized carbons (Fsp3) is 0.571. The lowest BCUT2D eigenvalue weighted by molar-refractivity contribution is 0.267. The highest BCUT2D eigenvalue weighted by atomic mass is 16.5. The maximum atomic E-state index is 5.71. The summed E-state index contributed by atoms with van der Waals surface area (Å²) in [7, 11) is 2.08. The number of benzene rings is 1. The van der Waals surface area contributed by atoms with Gasteiger partial charge in [0.15, 0.2) is 11.5 Å². The molecule has 0 fully saturated rings. The first-order valence-corrected chi connectivity index (χ1v) is 6.52. The maximum Gasteiger partial charge on any atom is 0.161 e. The van der Waals surface area contributed by atoms with Crippen LogP contribution in [-0.2, 0) is 0 Å². The summed E-state index contributed by atoms with van der Waals surface area (Å²) < 4.78 is 11.3. The summed E-state index contributed by atoms with van der Waals surface area (Å²) in [6.07, 6.45) is 0.937. The number of rotatable bonds is 4. The van der Waals surface area contributed by atoms with E-state index in [-0.39, 0.29) is 0 Å². The van der Waals surface area contributed by atoms with Gasteiger partial charge < -0.3 is 15.2 Å². The molecule has 0 aliphatic carbocycles. The van der Waals surface area contributed by atoms with Crippen LogP contribution in [-0.4, -0.2) is 38.3 Å². The largest absolute Gasteiger partial charge is 0.490 e. The average Bonchev–Trinajstić information content (AvgIpc) is 2.62. The van der Waals surface area contributed by atoms with Crippen LogP contribution in [0.5, 0.6) is 11.5 Å². The third kappa shape index (κ3) is 2.94. The Balaban J connectivity index is 2.17. The lowest BCUT2D eigenvalue weighted by Gasteiger charge is -2.25. The molecular weight excluding hydrogens is 228 g/mol. The highest BCUT2D eigenvalue weighted by Gasteiger charge is 2.15. The van der Waals surface area contributed by atoms with E-state index in [0.717, 1.165) is 37.7 Å². The standard InChI is InChI=1S/C14H22N2O2/c1-11(16(2)7-6-15)12-4-5-13-14(10-12)18-9-3-8-17-13/h4-5,10-11H,3,6-9,15H2,1-2H3. The molecule has 0 spiro atoms. The first kappa shape index (κ1) is 13.2. The quantitative estimate of drug-likeness (QED) is 0.885. The number of fused-ring (bicyclic) bond motifs is 1. The molecule has 1 aromatic carbocycles. The predicted molar refractivity (Wildman–Crippen MR) is 72.1 cm³/mol. The fourth-order valence-corrected chi connectivity index (χ4v) is 2.09. The van der Waals surface area contributed by atoms with Gasteiger partial charge in [0.05, 0.1) is 13.2 Å². The normalized spacial score (nSPS) is 16.4. The number of hydrogen-bond donors (Lipinski definition) is 1. The molecule has 2 rings (SSSR count). The van der Waals surface area contributed by atoms with Crippen LogP contribution in [0.25, 0.3) is 0 Å². The van der Waals surface area contributed by atoms with E-state index in [4.69, 9.17) is 15.2 Å². The van der Waals surface area contributed by atoms with Gasteiger partial charge in [0, 0.05) is 25.6 Å². The van der Waals surface area contributed by atoms with Crippen molar-refractivity contribution in [3.05, 3.63) is 23.8 Å². The molecule has 0 saturated heterocycles. The van der Waals surface area contributed by atoms with Crippen LogP contribution >= 0.6 is 0 Å². The summed E-state index contributed by atoms with van der Waals surface area (Å²) in [5.74, 6) is 1.71. The van der Waals surface area contributed by atoms with Crippen molar-refractivity contribution in [2.24, 2.45) is 5.73 Å². The van der Waals surface area contributed by atoms with Crippen LogP contribution < -0.4 is 15.2 Å². The van der Waals surface area contributed by atoms with Crippen LogP contribution in [0.4, 0.5) is 0 Å². The molecule has 0 amide bonds. The van der Waals surface area contributed by atoms with Crippen LogP contribution in [0.15, 0.2) is 18.2 Å². The number of likely N-dealkylation sites (N-methyl/N-ethyl adjacent to an activating group) is 1. The van der Waals surface area contributed by atoms with Crippen molar-refractivity contribution < 1.29 is 9.47 Å². The maximum absolute atomic E-state index is 5.71. The molecule has 4 nitrogen and oxygen atoms in total. The van der Waals surface area contributed by atoms with Gasteiger partial charge in [-0.15, -0.1) is 0 Å². The zero-order valence-electron chi connectivity index (χ0n) is 11.2. The monoisotopic (exact) mass is 250 g/mol. The van der Waals surface area contributed by atoms with Gasteiger partial charge in [-0.1, -0.05) is 6.07 Å². The number of ether oxygens (including phenoxy) is 2. The second-order valence-electron chi connectivity index (χ2n) is 4.70. The topological polar surface area (TPSA) is 47.7 Å². The highest BCUT2D eigenvalue weighted by molar-refractivity contribution is 5.44. The van der Waals surface area contributed by atoms with E-state index >= 15 is 0 Å². The molecular formula is C14H22N2O2. The fourth-order valence-electron chi connectivity index (χ4n) is 2.09. The molecule has 1 aliphatic heterocycles. The summed E-state index contributed by atoms with van der Waals surface area (Å²) in [5.41, 5.74) is 6.82. The number of nitrogens with zero attached hydrogens (tertiary/aromatic N) is 1. The molecule has 1 heterocycles. The second-order valence-corrected chi connectivity index (χ2v) is 4.70. The van der Waals surface area contributed by atoms with Crippen molar-refractivity contribution in [3.8, 4) is 11.5 Å². The molecule has 1 aromatic rings. The van der Waals surface area contributed by atoms with E-state index in [1.54, 1.807) is 0 Å². The minimum Gasteiger partial charge on any atom is -0.490 e. The molecule has 0 bridgehead atoms. The summed E-state index contributed by atoms with van der Waals surface area (Å²) in [5, 5.41) is 0. The van der Waals surface area contributed by atoms with Crippen molar-refractivity contribution in [1.29, 1.82) is 0 Å². The SMILES string of the molecule is CC(c1ccc2c(c1)OCCCO2)N(C)CCN. The molecule has 18 heavy (non-hydrogen) atoms. The number of nitrogens with two attached hydrogens (primary N) is 1. The number of hydrogen-bond acceptors (Lipinski definition) is 4. The Morgan fingerprint density at radius 2 is 2.00 bits per heavy atom. The Kier molecular flexibility index (Phi) is 4.44. The van der Waals surface area contributed by atoms with Gasteiger partial charge in [0.1, 0.15) is 0 Å². The van der Waals surface area contributed by atoms with Crippen LogP contribution in [0, 0.1) is 0 Å². The van der Waals surface area contributed by atoms with E-state index < -0.39 is 0 Å². The first-order valence-electron chi connectivity index (χ1n) is 6.52. The zero-order chi connectivity index (χ0) is 13.0. The Bertz CT molecular complexity index is 395. The van der Waals surface area contributed by atoms with E-state index in [1.165, 1.54) is 5.56 Å². The van der Waals surface area contributed by atoms with E-state index in [2.05, 4.69) is 31.0 Å². The van der Waals surface area contributed by atoms with Crippen LogP contribution in [0.3, 0.4) is 0 Å². The van der Waals surface area contributed by atoms with Crippen molar-refractivity contribution in [1.82, 2.24) is 4.90 Å². The minimum atomic E-state index is 0.325. The van der Waals surface area contributed by atoms with Gasteiger partial charge in [-0.25, -0.2) is 0 Å². The lowest BCUT2D eigenvalue weighted by atomic mass is 10.1. The molecule has 100 valence electrons. The van der Waals surface area contributed by atoms with Gasteiger partial charge in [0.25, 0.3) is 0 Å². The summed E-state index contributed by atoms with van der Waals surface area (Å²) >= 11 is 0. The Morgan fingerprint density at radius 1 is 1.28 bits per heavy atom. The van der Waals surface area contributed by atoms with Crippen molar-refractivity contribution in [3.63, 3.8) is 0 Å². The third-order valence-electron chi connectivity index (χ3n) is 3.40. The van der Waals surface area contributed by atoms with E-state index in [9.17, 15) is 0 Å². The van der Waals surface area contributed by atoms with Gasteiger partial charge in [-0.05, 0) is 31.7 Å². The van der Waals surface area contributed by atoms with Crippen LogP contribution in [0.1, 0.15) is 24.9 Å². The van der Waals surface area contributed by atoms with Crippen molar-refractivity contribution >= 4 is 0 Å². The Morgan fingerprint density at radius 3 is 2.72 bits per heavy atom. The van der Waals surface area contributed by atoms with Gasteiger partial charge >= 0.3 is 0 Å². The van der Waals surface area contributed by atoms with Gasteiger partial charge in [-0.2, -0.15) is 0 Å². The molecule has 0 saturated carbocycles. The van der Waals surface area contributed by atoms with Crippen molar-refractivity contribution in [2.45, 2.75) is 19.4 Å². The molecule has 1 atom stereocenters. The molecule has 0 aromatic heterocycles. The highest BCUT2D eigenvalue weighted by Crippen LogP contribution is 2.33. The summed E-state index contributed by atoms with van der Waals surface area (Å²) in [6.45, 7) is 5.19. The van der Waals surface area contributed by atoms with E-state index in [0.29, 0.717) is 12.6 Å². The molecule has 0 radical (unpaired) electrons. The van der Waals surface area contributed by atoms with Gasteiger partial charge in [0.2, 0.25) is 0 Å². The predicted octanol–water partition coefficient (Wildman–Crippen LogP) is 1.80. The molecule has 4 heteroatoms. The molecule has 1 aliphatic rings. The molecule has 1 unspecified atom stereocenters. The Labute approximate surface area is 109 Å². The second kappa shape index (κ2) is 6.07. The molecule has 2 N–H and O–H groups in total. The average molecular weight is 250 g/mol.